The number of hydrogen-bond acceptors (Lipinski definition) is 8. The number of alkyl halides is 3. The SMILES string of the molecule is COc1ncnc(C2CC2)c1-c1ncc2c(n1)N(Cc1ccc(-n3nc(C(F)(F)F)cc3C)cc1)S(=O)(=O)C2. The summed E-state index contributed by atoms with van der Waals surface area (Å²) in [5, 5.41) is 3.66. The van der Waals surface area contributed by atoms with E-state index in [0.717, 1.165) is 24.6 Å². The minimum atomic E-state index is -4.55. The third kappa shape index (κ3) is 4.58. The van der Waals surface area contributed by atoms with Gasteiger partial charge in [-0.2, -0.15) is 18.3 Å². The van der Waals surface area contributed by atoms with Crippen LogP contribution in [0.2, 0.25) is 0 Å². The molecule has 4 heterocycles. The molecule has 1 aromatic carbocycles. The van der Waals surface area contributed by atoms with E-state index >= 15 is 0 Å². The van der Waals surface area contributed by atoms with Crippen LogP contribution < -0.4 is 9.04 Å². The molecule has 0 spiro atoms. The molecule has 39 heavy (non-hydrogen) atoms. The number of anilines is 1. The summed E-state index contributed by atoms with van der Waals surface area (Å²) >= 11 is 0. The first kappa shape index (κ1) is 25.2. The van der Waals surface area contributed by atoms with Gasteiger partial charge in [0.2, 0.25) is 15.9 Å². The van der Waals surface area contributed by atoms with Crippen LogP contribution in [0.3, 0.4) is 0 Å². The lowest BCUT2D eigenvalue weighted by Crippen LogP contribution is -2.26. The van der Waals surface area contributed by atoms with Gasteiger partial charge in [-0.25, -0.2) is 37.3 Å². The second kappa shape index (κ2) is 9.00. The molecule has 2 aliphatic rings. The van der Waals surface area contributed by atoms with E-state index in [2.05, 4.69) is 25.0 Å². The molecule has 0 amide bonds. The Kier molecular flexibility index (Phi) is 5.82. The Bertz CT molecular complexity index is 1680. The van der Waals surface area contributed by atoms with Crippen molar-refractivity contribution in [1.29, 1.82) is 0 Å². The summed E-state index contributed by atoms with van der Waals surface area (Å²) in [6.45, 7) is 1.51. The quantitative estimate of drug-likeness (QED) is 0.347. The lowest BCUT2D eigenvalue weighted by molar-refractivity contribution is -0.141. The van der Waals surface area contributed by atoms with Crippen LogP contribution in [0.15, 0.2) is 42.9 Å². The first-order valence-electron chi connectivity index (χ1n) is 12.0. The van der Waals surface area contributed by atoms with Crippen molar-refractivity contribution < 1.29 is 26.3 Å². The van der Waals surface area contributed by atoms with Gasteiger partial charge in [0, 0.05) is 23.4 Å². The number of nitrogens with zero attached hydrogens (tertiary/aromatic N) is 7. The van der Waals surface area contributed by atoms with Gasteiger partial charge in [0.25, 0.3) is 0 Å². The van der Waals surface area contributed by atoms with Crippen LogP contribution in [0, 0.1) is 6.92 Å². The predicted molar refractivity (Wildman–Crippen MR) is 134 cm³/mol. The molecular formula is C25H22F3N7O3S. The lowest BCUT2D eigenvalue weighted by atomic mass is 10.1. The third-order valence-electron chi connectivity index (χ3n) is 6.66. The number of ether oxygens (including phenoxy) is 1. The van der Waals surface area contributed by atoms with Crippen LogP contribution in [0.25, 0.3) is 17.1 Å². The minimum Gasteiger partial charge on any atom is -0.480 e. The number of halogens is 3. The monoisotopic (exact) mass is 557 g/mol. The van der Waals surface area contributed by atoms with Crippen molar-refractivity contribution in [2.75, 3.05) is 11.4 Å². The van der Waals surface area contributed by atoms with E-state index in [1.807, 2.05) is 0 Å². The number of sulfonamides is 1. The van der Waals surface area contributed by atoms with Crippen molar-refractivity contribution in [1.82, 2.24) is 29.7 Å². The second-order valence-corrected chi connectivity index (χ2v) is 11.4. The molecule has 0 radical (unpaired) electrons. The smallest absolute Gasteiger partial charge is 0.435 e. The van der Waals surface area contributed by atoms with E-state index in [-0.39, 0.29) is 29.9 Å². The van der Waals surface area contributed by atoms with Crippen LogP contribution in [-0.4, -0.2) is 45.2 Å². The van der Waals surface area contributed by atoms with Crippen LogP contribution >= 0.6 is 0 Å². The summed E-state index contributed by atoms with van der Waals surface area (Å²) < 4.78 is 73.2. The molecule has 0 unspecified atom stereocenters. The summed E-state index contributed by atoms with van der Waals surface area (Å²) in [6.07, 6.45) is 0.330. The molecule has 1 aliphatic heterocycles. The van der Waals surface area contributed by atoms with Crippen molar-refractivity contribution in [3.8, 4) is 23.0 Å². The van der Waals surface area contributed by atoms with Crippen LogP contribution in [0.4, 0.5) is 19.0 Å². The molecule has 10 nitrogen and oxygen atoms in total. The van der Waals surface area contributed by atoms with Gasteiger partial charge in [0.15, 0.2) is 17.3 Å². The lowest BCUT2D eigenvalue weighted by Gasteiger charge is -2.18. The fourth-order valence-corrected chi connectivity index (χ4v) is 6.13. The summed E-state index contributed by atoms with van der Waals surface area (Å²) in [7, 11) is -2.24. The molecule has 0 bridgehead atoms. The standard InChI is InChI=1S/C25H22F3N7O3S/c1-14-9-19(25(26,27)28)33-35(14)18-7-3-15(4-8-18)11-34-23-17(12-39(34,36)37)10-29-22(32-23)20-21(16-5-6-16)30-13-31-24(20)38-2/h3-4,7-10,13,16H,5-6,11-12H2,1-2H3. The van der Waals surface area contributed by atoms with Gasteiger partial charge in [-0.3, -0.25) is 0 Å². The van der Waals surface area contributed by atoms with Crippen LogP contribution in [-0.2, 0) is 28.5 Å². The van der Waals surface area contributed by atoms with Gasteiger partial charge in [0.05, 0.1) is 30.8 Å². The zero-order valence-corrected chi connectivity index (χ0v) is 21.7. The highest BCUT2D eigenvalue weighted by Crippen LogP contribution is 2.45. The number of benzene rings is 1. The molecule has 1 fully saturated rings. The average Bonchev–Trinajstić information content (AvgIpc) is 3.62. The Morgan fingerprint density at radius 1 is 1.10 bits per heavy atom. The minimum absolute atomic E-state index is 0.0180. The molecule has 0 atom stereocenters. The van der Waals surface area contributed by atoms with E-state index in [4.69, 9.17) is 4.74 Å². The molecule has 4 aromatic rings. The molecule has 1 aliphatic carbocycles. The molecule has 14 heteroatoms. The van der Waals surface area contributed by atoms with Crippen molar-refractivity contribution in [2.45, 2.75) is 44.2 Å². The molecule has 3 aromatic heterocycles. The fourth-order valence-electron chi connectivity index (χ4n) is 4.61. The highest BCUT2D eigenvalue weighted by atomic mass is 32.2. The first-order valence-corrected chi connectivity index (χ1v) is 13.6. The first-order chi connectivity index (χ1) is 18.5. The van der Waals surface area contributed by atoms with E-state index in [9.17, 15) is 21.6 Å². The topological polar surface area (TPSA) is 116 Å². The number of methoxy groups -OCH3 is 1. The predicted octanol–water partition coefficient (Wildman–Crippen LogP) is 4.18. The summed E-state index contributed by atoms with van der Waals surface area (Å²) in [5.41, 5.74) is 2.16. The highest BCUT2D eigenvalue weighted by Gasteiger charge is 2.37. The summed E-state index contributed by atoms with van der Waals surface area (Å²) in [4.78, 5) is 17.7. The second-order valence-electron chi connectivity index (χ2n) is 9.47. The van der Waals surface area contributed by atoms with Gasteiger partial charge < -0.3 is 4.74 Å². The van der Waals surface area contributed by atoms with Crippen LogP contribution in [0.5, 0.6) is 5.88 Å². The summed E-state index contributed by atoms with van der Waals surface area (Å²) in [5.74, 6) is 0.857. The Balaban J connectivity index is 1.32. The van der Waals surface area contributed by atoms with Crippen LogP contribution in [0.1, 0.15) is 47.0 Å². The number of aryl methyl sites for hydroxylation is 1. The fraction of sp³-hybridized carbons (Fsp3) is 0.320. The van der Waals surface area contributed by atoms with Crippen molar-refractivity contribution in [3.63, 3.8) is 0 Å². The van der Waals surface area contributed by atoms with E-state index in [0.29, 0.717) is 34.0 Å². The zero-order chi connectivity index (χ0) is 27.5. The third-order valence-corrected chi connectivity index (χ3v) is 8.31. The van der Waals surface area contributed by atoms with Crippen molar-refractivity contribution >= 4 is 15.8 Å². The molecule has 0 saturated heterocycles. The van der Waals surface area contributed by atoms with E-state index < -0.39 is 21.9 Å². The van der Waals surface area contributed by atoms with Gasteiger partial charge >= 0.3 is 6.18 Å². The van der Waals surface area contributed by atoms with Gasteiger partial charge in [-0.15, -0.1) is 0 Å². The maximum Gasteiger partial charge on any atom is 0.435 e. The molecule has 202 valence electrons. The normalized spacial score (nSPS) is 16.4. The number of hydrogen-bond donors (Lipinski definition) is 0. The van der Waals surface area contributed by atoms with Gasteiger partial charge in [-0.05, 0) is 43.5 Å². The summed E-state index contributed by atoms with van der Waals surface area (Å²) in [6, 6.07) is 7.47. The van der Waals surface area contributed by atoms with E-state index in [1.165, 1.54) is 35.5 Å². The maximum absolute atomic E-state index is 13.1. The highest BCUT2D eigenvalue weighted by molar-refractivity contribution is 7.92. The maximum atomic E-state index is 13.1. The van der Waals surface area contributed by atoms with Crippen molar-refractivity contribution in [3.05, 3.63) is 71.1 Å². The largest absolute Gasteiger partial charge is 0.480 e. The Morgan fingerprint density at radius 2 is 1.85 bits per heavy atom. The zero-order valence-electron chi connectivity index (χ0n) is 20.8. The molecule has 1 saturated carbocycles. The van der Waals surface area contributed by atoms with Gasteiger partial charge in [-0.1, -0.05) is 12.1 Å². The Labute approximate surface area is 221 Å². The molecule has 6 rings (SSSR count). The number of fused-ring (bicyclic) bond motifs is 1. The molecule has 0 N–H and O–H groups in total. The Hall–Kier alpha value is -4.07. The Morgan fingerprint density at radius 3 is 2.49 bits per heavy atom. The number of rotatable bonds is 6. The van der Waals surface area contributed by atoms with E-state index in [1.54, 1.807) is 24.3 Å². The van der Waals surface area contributed by atoms with Crippen molar-refractivity contribution in [2.24, 2.45) is 0 Å². The number of aromatic nitrogens is 6. The molecular weight excluding hydrogens is 535 g/mol. The average molecular weight is 558 g/mol. The van der Waals surface area contributed by atoms with Gasteiger partial charge in [0.1, 0.15) is 11.9 Å².